The van der Waals surface area contributed by atoms with Gasteiger partial charge in [-0.25, -0.2) is 19.7 Å². The standard InChI is InChI=1S/C19H16N4O3S/c24-16(23-10-11-26-19(23)25)12-27-18-21-15-9-5-4-8-14(15)17(22-18)20-13-6-2-1-3-7-13/h1-9H,10-12H2,(H,20,21,22). The van der Waals surface area contributed by atoms with Crippen molar-refractivity contribution in [2.75, 3.05) is 24.2 Å². The highest BCUT2D eigenvalue weighted by Gasteiger charge is 2.28. The number of imide groups is 1. The van der Waals surface area contributed by atoms with E-state index in [4.69, 9.17) is 4.74 Å². The Labute approximate surface area is 159 Å². The van der Waals surface area contributed by atoms with E-state index in [2.05, 4.69) is 15.3 Å². The van der Waals surface area contributed by atoms with Crippen molar-refractivity contribution >= 4 is 46.2 Å². The summed E-state index contributed by atoms with van der Waals surface area (Å²) in [6, 6.07) is 17.4. The van der Waals surface area contributed by atoms with Crippen molar-refractivity contribution in [2.24, 2.45) is 0 Å². The monoisotopic (exact) mass is 380 g/mol. The Kier molecular flexibility index (Phi) is 4.88. The van der Waals surface area contributed by atoms with Crippen LogP contribution in [0.25, 0.3) is 10.9 Å². The van der Waals surface area contributed by atoms with E-state index in [1.54, 1.807) is 0 Å². The molecule has 27 heavy (non-hydrogen) atoms. The fraction of sp³-hybridized carbons (Fsp3) is 0.158. The summed E-state index contributed by atoms with van der Waals surface area (Å²) >= 11 is 1.20. The molecule has 1 N–H and O–H groups in total. The molecule has 2 aromatic carbocycles. The van der Waals surface area contributed by atoms with Gasteiger partial charge >= 0.3 is 6.09 Å². The van der Waals surface area contributed by atoms with Crippen molar-refractivity contribution < 1.29 is 14.3 Å². The Morgan fingerprint density at radius 1 is 1.11 bits per heavy atom. The fourth-order valence-electron chi connectivity index (χ4n) is 2.70. The van der Waals surface area contributed by atoms with Gasteiger partial charge in [0.1, 0.15) is 12.4 Å². The molecule has 0 spiro atoms. The van der Waals surface area contributed by atoms with Crippen LogP contribution >= 0.6 is 11.8 Å². The molecule has 2 heterocycles. The van der Waals surface area contributed by atoms with Crippen LogP contribution in [0.2, 0.25) is 0 Å². The van der Waals surface area contributed by atoms with E-state index in [0.717, 1.165) is 21.5 Å². The number of carbonyl (C=O) groups is 2. The van der Waals surface area contributed by atoms with Gasteiger partial charge in [-0.3, -0.25) is 4.79 Å². The maximum Gasteiger partial charge on any atom is 0.416 e. The second-order valence-electron chi connectivity index (χ2n) is 5.81. The molecule has 8 heteroatoms. The van der Waals surface area contributed by atoms with Crippen LogP contribution in [-0.2, 0) is 9.53 Å². The van der Waals surface area contributed by atoms with Gasteiger partial charge in [0.05, 0.1) is 17.8 Å². The van der Waals surface area contributed by atoms with Crippen LogP contribution in [-0.4, -0.2) is 45.8 Å². The molecule has 1 aromatic heterocycles. The number of anilines is 2. The zero-order valence-corrected chi connectivity index (χ0v) is 15.1. The molecule has 1 saturated heterocycles. The Morgan fingerprint density at radius 3 is 2.67 bits per heavy atom. The van der Waals surface area contributed by atoms with E-state index < -0.39 is 6.09 Å². The number of amides is 2. The van der Waals surface area contributed by atoms with E-state index >= 15 is 0 Å². The van der Waals surface area contributed by atoms with Crippen molar-refractivity contribution in [3.05, 3.63) is 54.6 Å². The largest absolute Gasteiger partial charge is 0.447 e. The smallest absolute Gasteiger partial charge is 0.416 e. The molecular formula is C19H16N4O3S. The van der Waals surface area contributed by atoms with Gasteiger partial charge in [0, 0.05) is 11.1 Å². The highest BCUT2D eigenvalue weighted by atomic mass is 32.2. The van der Waals surface area contributed by atoms with Crippen molar-refractivity contribution in [1.82, 2.24) is 14.9 Å². The number of fused-ring (bicyclic) bond motifs is 1. The molecule has 0 atom stereocenters. The lowest BCUT2D eigenvalue weighted by atomic mass is 10.2. The third kappa shape index (κ3) is 3.85. The molecule has 136 valence electrons. The van der Waals surface area contributed by atoms with Gasteiger partial charge in [0.25, 0.3) is 0 Å². The number of benzene rings is 2. The maximum absolute atomic E-state index is 12.2. The summed E-state index contributed by atoms with van der Waals surface area (Å²) in [7, 11) is 0. The first-order valence-corrected chi connectivity index (χ1v) is 9.38. The van der Waals surface area contributed by atoms with Crippen LogP contribution in [0.3, 0.4) is 0 Å². The first-order valence-electron chi connectivity index (χ1n) is 8.39. The van der Waals surface area contributed by atoms with E-state index in [0.29, 0.717) is 11.0 Å². The Bertz CT molecular complexity index is 997. The predicted octanol–water partition coefficient (Wildman–Crippen LogP) is 3.44. The average molecular weight is 380 g/mol. The summed E-state index contributed by atoms with van der Waals surface area (Å²) in [4.78, 5) is 33.9. The molecule has 0 unspecified atom stereocenters. The zero-order chi connectivity index (χ0) is 18.6. The minimum absolute atomic E-state index is 0.0677. The van der Waals surface area contributed by atoms with Gasteiger partial charge in [0.15, 0.2) is 5.16 Å². The molecule has 0 bridgehead atoms. The van der Waals surface area contributed by atoms with Crippen molar-refractivity contribution in [3.63, 3.8) is 0 Å². The second-order valence-corrected chi connectivity index (χ2v) is 6.75. The minimum Gasteiger partial charge on any atom is -0.447 e. The van der Waals surface area contributed by atoms with E-state index in [9.17, 15) is 9.59 Å². The highest BCUT2D eigenvalue weighted by Crippen LogP contribution is 2.27. The summed E-state index contributed by atoms with van der Waals surface area (Å²) < 4.78 is 4.80. The summed E-state index contributed by atoms with van der Waals surface area (Å²) in [5, 5.41) is 4.66. The number of carbonyl (C=O) groups excluding carboxylic acids is 2. The third-order valence-corrected chi connectivity index (χ3v) is 4.84. The minimum atomic E-state index is -0.591. The fourth-order valence-corrected chi connectivity index (χ4v) is 3.42. The zero-order valence-electron chi connectivity index (χ0n) is 14.3. The van der Waals surface area contributed by atoms with Gasteiger partial charge in [-0.2, -0.15) is 0 Å². The summed E-state index contributed by atoms with van der Waals surface area (Å²) in [6.07, 6.45) is -0.591. The second kappa shape index (κ2) is 7.63. The first kappa shape index (κ1) is 17.3. The molecule has 0 radical (unpaired) electrons. The molecular weight excluding hydrogens is 364 g/mol. The predicted molar refractivity (Wildman–Crippen MR) is 103 cm³/mol. The number of thioether (sulfide) groups is 1. The molecule has 0 aliphatic carbocycles. The topological polar surface area (TPSA) is 84.4 Å². The normalized spacial score (nSPS) is 13.6. The van der Waals surface area contributed by atoms with Crippen LogP contribution < -0.4 is 5.32 Å². The molecule has 7 nitrogen and oxygen atoms in total. The molecule has 0 saturated carbocycles. The molecule has 2 amide bonds. The van der Waals surface area contributed by atoms with Crippen molar-refractivity contribution in [3.8, 4) is 0 Å². The molecule has 1 aliphatic heterocycles. The number of aromatic nitrogens is 2. The SMILES string of the molecule is O=C(CSc1nc(Nc2ccccc2)c2ccccc2n1)N1CCOC1=O. The summed E-state index contributed by atoms with van der Waals surface area (Å²) in [6.45, 7) is 0.532. The molecule has 4 rings (SSSR count). The van der Waals surface area contributed by atoms with Crippen LogP contribution in [0.4, 0.5) is 16.3 Å². The van der Waals surface area contributed by atoms with Crippen LogP contribution in [0.15, 0.2) is 59.8 Å². The van der Waals surface area contributed by atoms with Crippen LogP contribution in [0.5, 0.6) is 0 Å². The Hall–Kier alpha value is -3.13. The van der Waals surface area contributed by atoms with Crippen molar-refractivity contribution in [1.29, 1.82) is 0 Å². The molecule has 1 aliphatic rings. The van der Waals surface area contributed by atoms with Crippen molar-refractivity contribution in [2.45, 2.75) is 5.16 Å². The van der Waals surface area contributed by atoms with Crippen LogP contribution in [0, 0.1) is 0 Å². The third-order valence-electron chi connectivity index (χ3n) is 4.01. The first-order chi connectivity index (χ1) is 13.2. The van der Waals surface area contributed by atoms with Gasteiger partial charge < -0.3 is 10.1 Å². The lowest BCUT2D eigenvalue weighted by molar-refractivity contribution is -0.125. The lowest BCUT2D eigenvalue weighted by Crippen LogP contribution is -2.33. The van der Waals surface area contributed by atoms with Crippen LogP contribution in [0.1, 0.15) is 0 Å². The highest BCUT2D eigenvalue weighted by molar-refractivity contribution is 7.99. The summed E-state index contributed by atoms with van der Waals surface area (Å²) in [5.41, 5.74) is 1.69. The van der Waals surface area contributed by atoms with Gasteiger partial charge in [0.2, 0.25) is 5.91 Å². The number of rotatable bonds is 5. The number of cyclic esters (lactones) is 1. The molecule has 1 fully saturated rings. The number of hydrogen-bond donors (Lipinski definition) is 1. The van der Waals surface area contributed by atoms with Gasteiger partial charge in [-0.15, -0.1) is 0 Å². The number of nitrogens with zero attached hydrogens (tertiary/aromatic N) is 3. The van der Waals surface area contributed by atoms with E-state index in [1.807, 2.05) is 54.6 Å². The number of nitrogens with one attached hydrogen (secondary N) is 1. The number of ether oxygens (including phenoxy) is 1. The molecule has 3 aromatic rings. The average Bonchev–Trinajstić information content (AvgIpc) is 3.13. The maximum atomic E-state index is 12.2. The van der Waals surface area contributed by atoms with E-state index in [-0.39, 0.29) is 24.8 Å². The number of hydrogen-bond acceptors (Lipinski definition) is 7. The number of para-hydroxylation sites is 2. The Balaban J connectivity index is 1.57. The van der Waals surface area contributed by atoms with Gasteiger partial charge in [-0.05, 0) is 24.3 Å². The lowest BCUT2D eigenvalue weighted by Gasteiger charge is -2.12. The quantitative estimate of drug-likeness (QED) is 0.536. The Morgan fingerprint density at radius 2 is 1.89 bits per heavy atom. The summed E-state index contributed by atoms with van der Waals surface area (Å²) in [5.74, 6) is 0.428. The van der Waals surface area contributed by atoms with Gasteiger partial charge in [-0.1, -0.05) is 42.1 Å². The van der Waals surface area contributed by atoms with E-state index in [1.165, 1.54) is 11.8 Å².